The first kappa shape index (κ1) is 10.9. The van der Waals surface area contributed by atoms with Crippen LogP contribution in [0.5, 0.6) is 0 Å². The van der Waals surface area contributed by atoms with Gasteiger partial charge in [0.05, 0.1) is 0 Å². The number of rotatable bonds is 4. The summed E-state index contributed by atoms with van der Waals surface area (Å²) in [5, 5.41) is 12.9. The van der Waals surface area contributed by atoms with E-state index in [0.717, 1.165) is 32.4 Å². The van der Waals surface area contributed by atoms with Crippen LogP contribution in [0, 0.1) is 0 Å². The number of carbonyl (C=O) groups excluding carboxylic acids is 1. The van der Waals surface area contributed by atoms with Gasteiger partial charge in [-0.2, -0.15) is 0 Å². The van der Waals surface area contributed by atoms with Crippen LogP contribution in [0.2, 0.25) is 0 Å². The Morgan fingerprint density at radius 2 is 2.07 bits per heavy atom. The van der Waals surface area contributed by atoms with Gasteiger partial charge in [0.25, 0.3) is 0 Å². The second kappa shape index (κ2) is 4.94. The zero-order valence-corrected chi connectivity index (χ0v) is 9.19. The van der Waals surface area contributed by atoms with Gasteiger partial charge in [0.2, 0.25) is 5.91 Å². The first-order valence-corrected chi connectivity index (χ1v) is 6.00. The number of nitrogens with zero attached hydrogens (tertiary/aromatic N) is 2. The lowest BCUT2D eigenvalue weighted by Crippen LogP contribution is -2.45. The Morgan fingerprint density at radius 1 is 1.33 bits per heavy atom. The van der Waals surface area contributed by atoms with E-state index >= 15 is 0 Å². The van der Waals surface area contributed by atoms with Gasteiger partial charge in [-0.1, -0.05) is 12.8 Å². The summed E-state index contributed by atoms with van der Waals surface area (Å²) >= 11 is 0. The summed E-state index contributed by atoms with van der Waals surface area (Å²) in [6, 6.07) is 0.443. The Bertz CT molecular complexity index is 227. The fourth-order valence-corrected chi connectivity index (χ4v) is 2.66. The maximum atomic E-state index is 11.8. The van der Waals surface area contributed by atoms with Gasteiger partial charge in [-0.05, 0) is 19.3 Å². The molecule has 1 aliphatic heterocycles. The van der Waals surface area contributed by atoms with Gasteiger partial charge in [0.1, 0.15) is 0 Å². The molecule has 1 heterocycles. The van der Waals surface area contributed by atoms with Gasteiger partial charge in [-0.3, -0.25) is 9.80 Å². The van der Waals surface area contributed by atoms with Gasteiger partial charge >= 0.3 is 0 Å². The molecule has 2 fully saturated rings. The number of hydrazine groups is 1. The Hall–Kier alpha value is -0.610. The SMILES string of the molecule is O=C1CCN(CCCO)N1C1CCCC1. The molecule has 1 saturated heterocycles. The van der Waals surface area contributed by atoms with E-state index in [0.29, 0.717) is 12.5 Å². The molecule has 1 amide bonds. The molecule has 4 nitrogen and oxygen atoms in total. The van der Waals surface area contributed by atoms with E-state index in [9.17, 15) is 4.79 Å². The second-order valence-corrected chi connectivity index (χ2v) is 4.46. The molecule has 0 aromatic heterocycles. The van der Waals surface area contributed by atoms with Crippen LogP contribution < -0.4 is 0 Å². The van der Waals surface area contributed by atoms with Crippen LogP contribution in [0.15, 0.2) is 0 Å². The molecular formula is C11H20N2O2. The van der Waals surface area contributed by atoms with Crippen molar-refractivity contribution in [3.8, 4) is 0 Å². The van der Waals surface area contributed by atoms with E-state index in [-0.39, 0.29) is 12.5 Å². The van der Waals surface area contributed by atoms with Crippen molar-refractivity contribution in [2.45, 2.75) is 44.6 Å². The summed E-state index contributed by atoms with van der Waals surface area (Å²) in [7, 11) is 0. The highest BCUT2D eigenvalue weighted by Crippen LogP contribution is 2.28. The van der Waals surface area contributed by atoms with Gasteiger partial charge < -0.3 is 5.11 Å². The molecule has 0 aromatic carbocycles. The van der Waals surface area contributed by atoms with E-state index in [1.165, 1.54) is 12.8 Å². The molecule has 0 atom stereocenters. The Labute approximate surface area is 90.8 Å². The van der Waals surface area contributed by atoms with Crippen LogP contribution in [0.25, 0.3) is 0 Å². The number of carbonyl (C=O) groups is 1. The Kier molecular flexibility index (Phi) is 3.59. The molecular weight excluding hydrogens is 192 g/mol. The number of hydrogen-bond donors (Lipinski definition) is 1. The maximum absolute atomic E-state index is 11.8. The lowest BCUT2D eigenvalue weighted by atomic mass is 10.2. The summed E-state index contributed by atoms with van der Waals surface area (Å²) in [5.41, 5.74) is 0. The first-order chi connectivity index (χ1) is 7.33. The molecule has 1 saturated carbocycles. The summed E-state index contributed by atoms with van der Waals surface area (Å²) in [6.45, 7) is 1.87. The standard InChI is InChI=1S/C11H20N2O2/c14-9-3-7-12-8-6-11(15)13(12)10-4-1-2-5-10/h10,14H,1-9H2. The molecule has 86 valence electrons. The van der Waals surface area contributed by atoms with Crippen molar-refractivity contribution in [3.05, 3.63) is 0 Å². The van der Waals surface area contributed by atoms with Crippen LogP contribution >= 0.6 is 0 Å². The molecule has 2 aliphatic rings. The Balaban J connectivity index is 1.94. The van der Waals surface area contributed by atoms with Gasteiger partial charge in [-0.25, -0.2) is 5.01 Å². The summed E-state index contributed by atoms with van der Waals surface area (Å²) in [5.74, 6) is 0.278. The molecule has 4 heteroatoms. The van der Waals surface area contributed by atoms with Crippen LogP contribution in [-0.4, -0.2) is 46.8 Å². The predicted molar refractivity (Wildman–Crippen MR) is 57.0 cm³/mol. The highest BCUT2D eigenvalue weighted by atomic mass is 16.3. The predicted octanol–water partition coefficient (Wildman–Crippen LogP) is 0.761. The van der Waals surface area contributed by atoms with Crippen molar-refractivity contribution < 1.29 is 9.90 Å². The minimum atomic E-state index is 0.212. The maximum Gasteiger partial charge on any atom is 0.238 e. The van der Waals surface area contributed by atoms with Crippen LogP contribution in [0.3, 0.4) is 0 Å². The fraction of sp³-hybridized carbons (Fsp3) is 0.909. The number of hydrogen-bond acceptors (Lipinski definition) is 3. The van der Waals surface area contributed by atoms with Crippen LogP contribution in [-0.2, 0) is 4.79 Å². The quantitative estimate of drug-likeness (QED) is 0.748. The third kappa shape index (κ3) is 2.32. The Morgan fingerprint density at radius 3 is 2.73 bits per heavy atom. The van der Waals surface area contributed by atoms with E-state index in [4.69, 9.17) is 5.11 Å². The van der Waals surface area contributed by atoms with E-state index in [1.54, 1.807) is 0 Å². The van der Waals surface area contributed by atoms with Crippen molar-refractivity contribution in [2.75, 3.05) is 19.7 Å². The largest absolute Gasteiger partial charge is 0.396 e. The number of amides is 1. The van der Waals surface area contributed by atoms with Crippen LogP contribution in [0.4, 0.5) is 0 Å². The topological polar surface area (TPSA) is 43.8 Å². The molecule has 0 unspecified atom stereocenters. The van der Waals surface area contributed by atoms with E-state index in [1.807, 2.05) is 5.01 Å². The molecule has 1 N–H and O–H groups in total. The summed E-state index contributed by atoms with van der Waals surface area (Å²) < 4.78 is 0. The highest BCUT2D eigenvalue weighted by molar-refractivity contribution is 5.78. The third-order valence-electron chi connectivity index (χ3n) is 3.39. The first-order valence-electron chi connectivity index (χ1n) is 6.00. The van der Waals surface area contributed by atoms with Crippen molar-refractivity contribution in [2.24, 2.45) is 0 Å². The van der Waals surface area contributed by atoms with E-state index in [2.05, 4.69) is 5.01 Å². The fourth-order valence-electron chi connectivity index (χ4n) is 2.66. The summed E-state index contributed by atoms with van der Waals surface area (Å²) in [6.07, 6.45) is 6.23. The molecule has 2 rings (SSSR count). The zero-order valence-electron chi connectivity index (χ0n) is 9.19. The molecule has 0 bridgehead atoms. The molecule has 0 aromatic rings. The van der Waals surface area contributed by atoms with E-state index < -0.39 is 0 Å². The lowest BCUT2D eigenvalue weighted by Gasteiger charge is -2.32. The second-order valence-electron chi connectivity index (χ2n) is 4.46. The molecule has 0 radical (unpaired) electrons. The monoisotopic (exact) mass is 212 g/mol. The number of aliphatic hydroxyl groups is 1. The minimum Gasteiger partial charge on any atom is -0.396 e. The van der Waals surface area contributed by atoms with Crippen molar-refractivity contribution >= 4 is 5.91 Å². The summed E-state index contributed by atoms with van der Waals surface area (Å²) in [4.78, 5) is 11.8. The minimum absolute atomic E-state index is 0.212. The lowest BCUT2D eigenvalue weighted by molar-refractivity contribution is -0.142. The highest BCUT2D eigenvalue weighted by Gasteiger charge is 2.35. The normalized spacial score (nSPS) is 24.3. The van der Waals surface area contributed by atoms with Crippen LogP contribution in [0.1, 0.15) is 38.5 Å². The van der Waals surface area contributed by atoms with Crippen molar-refractivity contribution in [1.82, 2.24) is 10.0 Å². The smallest absolute Gasteiger partial charge is 0.238 e. The molecule has 1 aliphatic carbocycles. The van der Waals surface area contributed by atoms with Gasteiger partial charge in [0, 0.05) is 32.2 Å². The van der Waals surface area contributed by atoms with Gasteiger partial charge in [-0.15, -0.1) is 0 Å². The van der Waals surface area contributed by atoms with Crippen molar-refractivity contribution in [1.29, 1.82) is 0 Å². The molecule has 0 spiro atoms. The van der Waals surface area contributed by atoms with Crippen molar-refractivity contribution in [3.63, 3.8) is 0 Å². The third-order valence-corrected chi connectivity index (χ3v) is 3.39. The zero-order chi connectivity index (χ0) is 10.7. The number of aliphatic hydroxyl groups excluding tert-OH is 1. The molecule has 15 heavy (non-hydrogen) atoms. The average Bonchev–Trinajstić information content (AvgIpc) is 2.84. The average molecular weight is 212 g/mol. The van der Waals surface area contributed by atoms with Gasteiger partial charge in [0.15, 0.2) is 0 Å².